The summed E-state index contributed by atoms with van der Waals surface area (Å²) in [6.45, 7) is 8.67. The molecule has 0 aromatic heterocycles. The molecule has 0 unspecified atom stereocenters. The Kier molecular flexibility index (Phi) is 5.33. The number of hydrogen-bond acceptors (Lipinski definition) is 2. The fraction of sp³-hybridized carbons (Fsp3) is 0.889. The molecule has 3 nitrogen and oxygen atoms in total. The van der Waals surface area contributed by atoms with Crippen molar-refractivity contribution in [1.82, 2.24) is 10.2 Å². The highest BCUT2D eigenvalue weighted by atomic mass is 35.5. The van der Waals surface area contributed by atoms with Crippen LogP contribution in [-0.4, -0.2) is 36.5 Å². The summed E-state index contributed by atoms with van der Waals surface area (Å²) < 4.78 is 0. The van der Waals surface area contributed by atoms with Crippen molar-refractivity contribution in [2.75, 3.05) is 19.6 Å². The van der Waals surface area contributed by atoms with Gasteiger partial charge in [0.15, 0.2) is 0 Å². The van der Waals surface area contributed by atoms with Crippen LogP contribution in [0.15, 0.2) is 0 Å². The predicted molar refractivity (Wildman–Crippen MR) is 56.1 cm³/mol. The van der Waals surface area contributed by atoms with Gasteiger partial charge in [-0.2, -0.15) is 0 Å². The number of halogens is 1. The Morgan fingerprint density at radius 1 is 1.54 bits per heavy atom. The smallest absolute Gasteiger partial charge is 0.225 e. The molecular weight excluding hydrogens is 188 g/mol. The minimum atomic E-state index is 0. The van der Waals surface area contributed by atoms with E-state index in [-0.39, 0.29) is 24.2 Å². The lowest BCUT2D eigenvalue weighted by atomic mass is 10.1. The SMILES string of the molecule is CC(C)C(=O)N1CCN[C@H](C)C1.Cl. The summed E-state index contributed by atoms with van der Waals surface area (Å²) in [7, 11) is 0. The maximum absolute atomic E-state index is 11.5. The van der Waals surface area contributed by atoms with Crippen LogP contribution >= 0.6 is 12.4 Å². The lowest BCUT2D eigenvalue weighted by molar-refractivity contribution is -0.135. The first-order valence-corrected chi connectivity index (χ1v) is 4.63. The van der Waals surface area contributed by atoms with Gasteiger partial charge in [-0.1, -0.05) is 13.8 Å². The standard InChI is InChI=1S/C9H18N2O.ClH/c1-7(2)9(12)11-5-4-10-8(3)6-11;/h7-8,10H,4-6H2,1-3H3;1H/t8-;/m1./s1. The Bertz CT molecular complexity index is 173. The molecule has 1 heterocycles. The highest BCUT2D eigenvalue weighted by Gasteiger charge is 2.21. The maximum atomic E-state index is 11.5. The average Bonchev–Trinajstić information content (AvgIpc) is 2.03. The van der Waals surface area contributed by atoms with Gasteiger partial charge in [-0.3, -0.25) is 4.79 Å². The third kappa shape index (κ3) is 3.53. The van der Waals surface area contributed by atoms with E-state index < -0.39 is 0 Å². The lowest BCUT2D eigenvalue weighted by Crippen LogP contribution is -2.52. The molecule has 0 saturated carbocycles. The van der Waals surface area contributed by atoms with Crippen molar-refractivity contribution in [3.63, 3.8) is 0 Å². The molecule has 4 heteroatoms. The van der Waals surface area contributed by atoms with E-state index in [0.29, 0.717) is 6.04 Å². The van der Waals surface area contributed by atoms with Gasteiger partial charge in [-0.05, 0) is 6.92 Å². The zero-order valence-corrected chi connectivity index (χ0v) is 9.36. The monoisotopic (exact) mass is 206 g/mol. The van der Waals surface area contributed by atoms with E-state index in [2.05, 4.69) is 12.2 Å². The van der Waals surface area contributed by atoms with Gasteiger partial charge >= 0.3 is 0 Å². The quantitative estimate of drug-likeness (QED) is 0.691. The Balaban J connectivity index is 0.00000144. The second-order valence-electron chi connectivity index (χ2n) is 3.79. The molecule has 0 aromatic rings. The molecule has 78 valence electrons. The first-order chi connectivity index (χ1) is 5.61. The number of amides is 1. The summed E-state index contributed by atoms with van der Waals surface area (Å²) in [6.07, 6.45) is 0. The molecule has 1 atom stereocenters. The summed E-state index contributed by atoms with van der Waals surface area (Å²) in [5.74, 6) is 0.415. The van der Waals surface area contributed by atoms with Crippen LogP contribution in [0.2, 0.25) is 0 Å². The average molecular weight is 207 g/mol. The molecule has 1 aliphatic heterocycles. The van der Waals surface area contributed by atoms with Crippen molar-refractivity contribution in [1.29, 1.82) is 0 Å². The Morgan fingerprint density at radius 2 is 2.15 bits per heavy atom. The maximum Gasteiger partial charge on any atom is 0.225 e. The van der Waals surface area contributed by atoms with Crippen LogP contribution < -0.4 is 5.32 Å². The number of carbonyl (C=O) groups is 1. The largest absolute Gasteiger partial charge is 0.340 e. The summed E-state index contributed by atoms with van der Waals surface area (Å²) in [4.78, 5) is 13.5. The van der Waals surface area contributed by atoms with Crippen LogP contribution in [0, 0.1) is 5.92 Å². The molecule has 0 bridgehead atoms. The molecule has 1 rings (SSSR count). The van der Waals surface area contributed by atoms with E-state index >= 15 is 0 Å². The molecule has 1 amide bonds. The van der Waals surface area contributed by atoms with E-state index in [4.69, 9.17) is 0 Å². The number of nitrogens with zero attached hydrogens (tertiary/aromatic N) is 1. The number of rotatable bonds is 1. The molecule has 0 aliphatic carbocycles. The molecule has 1 N–H and O–H groups in total. The first kappa shape index (κ1) is 12.7. The highest BCUT2D eigenvalue weighted by Crippen LogP contribution is 2.04. The van der Waals surface area contributed by atoms with Crippen LogP contribution in [0.1, 0.15) is 20.8 Å². The molecule has 1 aliphatic rings. The summed E-state index contributed by atoms with van der Waals surface area (Å²) in [6, 6.07) is 0.446. The fourth-order valence-corrected chi connectivity index (χ4v) is 1.50. The van der Waals surface area contributed by atoms with Gasteiger partial charge in [0.1, 0.15) is 0 Å². The number of nitrogens with one attached hydrogen (secondary N) is 1. The zero-order valence-electron chi connectivity index (χ0n) is 8.54. The minimum absolute atomic E-state index is 0. The van der Waals surface area contributed by atoms with Gasteiger partial charge in [0, 0.05) is 31.6 Å². The van der Waals surface area contributed by atoms with E-state index in [9.17, 15) is 4.79 Å². The topological polar surface area (TPSA) is 32.3 Å². The highest BCUT2D eigenvalue weighted by molar-refractivity contribution is 5.85. The van der Waals surface area contributed by atoms with E-state index in [1.165, 1.54) is 0 Å². The van der Waals surface area contributed by atoms with Gasteiger partial charge in [-0.15, -0.1) is 12.4 Å². The second-order valence-corrected chi connectivity index (χ2v) is 3.79. The van der Waals surface area contributed by atoms with Crippen molar-refractivity contribution in [3.8, 4) is 0 Å². The van der Waals surface area contributed by atoms with E-state index in [1.54, 1.807) is 0 Å². The van der Waals surface area contributed by atoms with Crippen LogP contribution in [0.5, 0.6) is 0 Å². The molecular formula is C9H19ClN2O. The second kappa shape index (κ2) is 5.45. The van der Waals surface area contributed by atoms with Crippen molar-refractivity contribution in [2.45, 2.75) is 26.8 Å². The Labute approximate surface area is 86.3 Å². The van der Waals surface area contributed by atoms with Crippen molar-refractivity contribution < 1.29 is 4.79 Å². The molecule has 0 radical (unpaired) electrons. The van der Waals surface area contributed by atoms with E-state index in [1.807, 2.05) is 18.7 Å². The molecule has 0 aromatic carbocycles. The van der Waals surface area contributed by atoms with Crippen molar-refractivity contribution in [3.05, 3.63) is 0 Å². The zero-order chi connectivity index (χ0) is 9.14. The van der Waals surface area contributed by atoms with Crippen LogP contribution in [0.25, 0.3) is 0 Å². The molecule has 13 heavy (non-hydrogen) atoms. The molecule has 1 fully saturated rings. The van der Waals surface area contributed by atoms with Gasteiger partial charge < -0.3 is 10.2 Å². The predicted octanol–water partition coefficient (Wildman–Crippen LogP) is 0.885. The summed E-state index contributed by atoms with van der Waals surface area (Å²) in [5, 5.41) is 3.31. The Morgan fingerprint density at radius 3 is 2.62 bits per heavy atom. The summed E-state index contributed by atoms with van der Waals surface area (Å²) in [5.41, 5.74) is 0. The number of piperazine rings is 1. The van der Waals surface area contributed by atoms with E-state index in [0.717, 1.165) is 19.6 Å². The van der Waals surface area contributed by atoms with Gasteiger partial charge in [0.05, 0.1) is 0 Å². The summed E-state index contributed by atoms with van der Waals surface area (Å²) >= 11 is 0. The van der Waals surface area contributed by atoms with Crippen molar-refractivity contribution in [2.24, 2.45) is 5.92 Å². The first-order valence-electron chi connectivity index (χ1n) is 4.63. The molecule has 1 saturated heterocycles. The fourth-order valence-electron chi connectivity index (χ4n) is 1.50. The third-order valence-corrected chi connectivity index (χ3v) is 2.17. The van der Waals surface area contributed by atoms with Crippen LogP contribution in [-0.2, 0) is 4.79 Å². The minimum Gasteiger partial charge on any atom is -0.340 e. The van der Waals surface area contributed by atoms with Crippen LogP contribution in [0.4, 0.5) is 0 Å². The number of hydrogen-bond donors (Lipinski definition) is 1. The Hall–Kier alpha value is -0.280. The van der Waals surface area contributed by atoms with Crippen molar-refractivity contribution >= 4 is 18.3 Å². The lowest BCUT2D eigenvalue weighted by Gasteiger charge is -2.33. The normalized spacial score (nSPS) is 22.8. The third-order valence-electron chi connectivity index (χ3n) is 2.17. The van der Waals surface area contributed by atoms with Gasteiger partial charge in [0.2, 0.25) is 5.91 Å². The van der Waals surface area contributed by atoms with Gasteiger partial charge in [0.25, 0.3) is 0 Å². The van der Waals surface area contributed by atoms with Crippen LogP contribution in [0.3, 0.4) is 0 Å². The number of carbonyl (C=O) groups excluding carboxylic acids is 1. The van der Waals surface area contributed by atoms with Gasteiger partial charge in [-0.25, -0.2) is 0 Å². The molecule has 0 spiro atoms.